The minimum absolute atomic E-state index is 0.0129. The van der Waals surface area contributed by atoms with Crippen molar-refractivity contribution in [2.45, 2.75) is 19.8 Å². The van der Waals surface area contributed by atoms with E-state index in [1.807, 2.05) is 12.1 Å². The first-order valence-corrected chi connectivity index (χ1v) is 14.9. The summed E-state index contributed by atoms with van der Waals surface area (Å²) >= 11 is 12.8. The van der Waals surface area contributed by atoms with Gasteiger partial charge in [-0.25, -0.2) is 9.59 Å². The molecule has 2 heterocycles. The molecule has 0 radical (unpaired) electrons. The highest BCUT2D eigenvalue weighted by atomic mass is 35.5. The summed E-state index contributed by atoms with van der Waals surface area (Å²) in [6, 6.07) is 17.7. The molecule has 0 fully saturated rings. The van der Waals surface area contributed by atoms with Crippen LogP contribution in [0.15, 0.2) is 60.7 Å². The van der Waals surface area contributed by atoms with E-state index in [-0.39, 0.29) is 62.2 Å². The molecule has 1 aliphatic heterocycles. The minimum Gasteiger partial charge on any atom is -0.492 e. The second-order valence-corrected chi connectivity index (χ2v) is 10.8. The van der Waals surface area contributed by atoms with Crippen LogP contribution in [0.25, 0.3) is 11.1 Å². The van der Waals surface area contributed by atoms with E-state index in [1.165, 1.54) is 36.4 Å². The lowest BCUT2D eigenvalue weighted by molar-refractivity contribution is -0.143. The Balaban J connectivity index is 1.81. The molecule has 48 heavy (non-hydrogen) atoms. The number of aromatic nitrogens is 1. The Morgan fingerprint density at radius 2 is 1.56 bits per heavy atom. The summed E-state index contributed by atoms with van der Waals surface area (Å²) in [5.74, 6) is -4.81. The van der Waals surface area contributed by atoms with Crippen molar-refractivity contribution >= 4 is 52.3 Å². The zero-order chi connectivity index (χ0) is 34.7. The molecule has 14 heteroatoms. The predicted octanol–water partition coefficient (Wildman–Crippen LogP) is 4.24. The highest BCUT2D eigenvalue weighted by molar-refractivity contribution is 6.42. The lowest BCUT2D eigenvalue weighted by Crippen LogP contribution is -2.25. The maximum absolute atomic E-state index is 13.6. The molecule has 1 aliphatic rings. The Labute approximate surface area is 282 Å². The number of halogens is 2. The quantitative estimate of drug-likeness (QED) is 0.223. The van der Waals surface area contributed by atoms with Crippen molar-refractivity contribution in [2.75, 3.05) is 13.2 Å². The van der Waals surface area contributed by atoms with E-state index in [1.54, 1.807) is 26.0 Å². The number of benzene rings is 3. The normalized spacial score (nSPS) is 12.7. The van der Waals surface area contributed by atoms with Gasteiger partial charge in [-0.2, -0.15) is 10.5 Å². The van der Waals surface area contributed by atoms with Gasteiger partial charge in [-0.05, 0) is 55.3 Å². The lowest BCUT2D eigenvalue weighted by atomic mass is 9.88. The SMILES string of the molecule is CCOC(=O)C(C#N)=c1ccc2c(c1)Oc1cc(C(C#N)C(=O)OCC)ccc1C=2c1cc(Cl)c(Cl)cc1C(=O)On1c(O)ccc1O. The molecule has 242 valence electrons. The third kappa shape index (κ3) is 6.22. The van der Waals surface area contributed by atoms with E-state index in [4.69, 9.17) is 42.3 Å². The maximum Gasteiger partial charge on any atom is 0.364 e. The number of carbonyl (C=O) groups is 3. The monoisotopic (exact) mass is 687 g/mol. The zero-order valence-corrected chi connectivity index (χ0v) is 26.6. The summed E-state index contributed by atoms with van der Waals surface area (Å²) in [4.78, 5) is 44.0. The summed E-state index contributed by atoms with van der Waals surface area (Å²) in [7, 11) is 0. The molecule has 0 saturated carbocycles. The van der Waals surface area contributed by atoms with Gasteiger partial charge in [0.25, 0.3) is 0 Å². The molecule has 12 nitrogen and oxygen atoms in total. The average Bonchev–Trinajstić information content (AvgIpc) is 3.37. The largest absolute Gasteiger partial charge is 0.492 e. The number of ether oxygens (including phenoxy) is 3. The van der Waals surface area contributed by atoms with Crippen LogP contribution >= 0.6 is 23.2 Å². The standard InChI is InChI=1S/C34H23Cl2N3O9/c1-3-45-32(42)23(15-37)17-5-7-19-27(11-17)47-28-12-18(24(16-38)33(43)46-4-2)6-8-20(28)31(19)21-13-25(35)26(36)14-22(21)34(44)48-39-29(40)9-10-30(39)41/h5-14,23,40-41H,3-4H2,1-2H3. The van der Waals surface area contributed by atoms with E-state index >= 15 is 0 Å². The number of carbonyl (C=O) groups excluding carboxylic acids is 3. The molecule has 0 spiro atoms. The van der Waals surface area contributed by atoms with Crippen LogP contribution in [0.2, 0.25) is 10.0 Å². The van der Waals surface area contributed by atoms with Gasteiger partial charge in [0.05, 0.1) is 34.9 Å². The van der Waals surface area contributed by atoms with Crippen LogP contribution in [0, 0.1) is 22.7 Å². The highest BCUT2D eigenvalue weighted by Gasteiger charge is 2.29. The summed E-state index contributed by atoms with van der Waals surface area (Å²) < 4.78 is 16.8. The van der Waals surface area contributed by atoms with Crippen LogP contribution in [-0.4, -0.2) is 46.1 Å². The van der Waals surface area contributed by atoms with Crippen molar-refractivity contribution in [1.29, 1.82) is 10.5 Å². The number of aromatic hydroxyl groups is 2. The van der Waals surface area contributed by atoms with Crippen molar-refractivity contribution < 1.29 is 43.6 Å². The van der Waals surface area contributed by atoms with Gasteiger partial charge in [0, 0.05) is 33.7 Å². The van der Waals surface area contributed by atoms with Crippen LogP contribution in [-0.2, 0) is 19.1 Å². The molecule has 3 aromatic carbocycles. The van der Waals surface area contributed by atoms with E-state index in [9.17, 15) is 35.1 Å². The van der Waals surface area contributed by atoms with Gasteiger partial charge in [-0.15, -0.1) is 4.73 Å². The summed E-state index contributed by atoms with van der Waals surface area (Å²) in [6.07, 6.45) is 0. The van der Waals surface area contributed by atoms with Crippen LogP contribution in [0.4, 0.5) is 0 Å². The Hall–Kier alpha value is -5.95. The summed E-state index contributed by atoms with van der Waals surface area (Å²) in [5.41, 5.74) is 0.710. The number of nitriles is 2. The number of fused-ring (bicyclic) bond motifs is 2. The average molecular weight is 688 g/mol. The molecule has 4 aromatic rings. The van der Waals surface area contributed by atoms with Crippen molar-refractivity contribution in [3.05, 3.63) is 103 Å². The fourth-order valence-electron chi connectivity index (χ4n) is 5.00. The molecule has 1 aromatic heterocycles. The molecule has 0 amide bonds. The Bertz CT molecular complexity index is 2190. The van der Waals surface area contributed by atoms with Gasteiger partial charge in [0.2, 0.25) is 11.8 Å². The number of hydrogen-bond acceptors (Lipinski definition) is 11. The van der Waals surface area contributed by atoms with Crippen LogP contribution in [0.1, 0.15) is 46.8 Å². The van der Waals surface area contributed by atoms with Gasteiger partial charge >= 0.3 is 17.9 Å². The first kappa shape index (κ1) is 33.4. The smallest absolute Gasteiger partial charge is 0.364 e. The van der Waals surface area contributed by atoms with E-state index in [2.05, 4.69) is 0 Å². The van der Waals surface area contributed by atoms with E-state index in [0.717, 1.165) is 12.1 Å². The fourth-order valence-corrected chi connectivity index (χ4v) is 5.33. The van der Waals surface area contributed by atoms with E-state index in [0.29, 0.717) is 21.1 Å². The molecule has 1 unspecified atom stereocenters. The second-order valence-electron chi connectivity index (χ2n) is 10.00. The molecular formula is C34H23Cl2N3O9. The Morgan fingerprint density at radius 3 is 2.21 bits per heavy atom. The Kier molecular flexibility index (Phi) is 9.61. The van der Waals surface area contributed by atoms with Crippen molar-refractivity contribution in [3.8, 4) is 35.4 Å². The molecular weight excluding hydrogens is 665 g/mol. The first-order chi connectivity index (χ1) is 23.0. The lowest BCUT2D eigenvalue weighted by Gasteiger charge is -2.24. The zero-order valence-electron chi connectivity index (χ0n) is 25.1. The molecule has 0 aliphatic carbocycles. The topological polar surface area (TPSA) is 181 Å². The summed E-state index contributed by atoms with van der Waals surface area (Å²) in [5, 5.41) is 40.3. The number of hydrogen-bond donors (Lipinski definition) is 2. The maximum atomic E-state index is 13.6. The van der Waals surface area contributed by atoms with Crippen molar-refractivity contribution in [2.24, 2.45) is 0 Å². The summed E-state index contributed by atoms with van der Waals surface area (Å²) in [6.45, 7) is 3.30. The molecule has 2 N–H and O–H groups in total. The number of rotatable bonds is 8. The molecule has 5 rings (SSSR count). The van der Waals surface area contributed by atoms with Gasteiger partial charge in [-0.1, -0.05) is 41.4 Å². The fraction of sp³-hybridized carbons (Fsp3) is 0.147. The molecule has 1 atom stereocenters. The van der Waals surface area contributed by atoms with Crippen molar-refractivity contribution in [3.63, 3.8) is 0 Å². The number of nitrogens with zero attached hydrogens (tertiary/aromatic N) is 3. The van der Waals surface area contributed by atoms with Gasteiger partial charge in [0.15, 0.2) is 5.92 Å². The van der Waals surface area contributed by atoms with Gasteiger partial charge in [0.1, 0.15) is 23.1 Å². The van der Waals surface area contributed by atoms with Crippen molar-refractivity contribution in [1.82, 2.24) is 4.73 Å². The first-order valence-electron chi connectivity index (χ1n) is 14.2. The van der Waals surface area contributed by atoms with Gasteiger partial charge in [-0.3, -0.25) is 4.79 Å². The second kappa shape index (κ2) is 13.8. The van der Waals surface area contributed by atoms with Crippen LogP contribution in [0.5, 0.6) is 23.3 Å². The van der Waals surface area contributed by atoms with Gasteiger partial charge < -0.3 is 29.3 Å². The van der Waals surface area contributed by atoms with E-state index < -0.39 is 35.6 Å². The minimum atomic E-state index is -1.30. The van der Waals surface area contributed by atoms with Crippen LogP contribution < -0.4 is 20.0 Å². The third-order valence-corrected chi connectivity index (χ3v) is 7.85. The Morgan fingerprint density at radius 1 is 0.875 bits per heavy atom. The predicted molar refractivity (Wildman–Crippen MR) is 170 cm³/mol. The highest BCUT2D eigenvalue weighted by Crippen LogP contribution is 2.41. The number of esters is 2. The molecule has 0 bridgehead atoms. The molecule has 0 saturated heterocycles. The third-order valence-electron chi connectivity index (χ3n) is 7.13. The van der Waals surface area contributed by atoms with Crippen LogP contribution in [0.3, 0.4) is 0 Å².